The van der Waals surface area contributed by atoms with Gasteiger partial charge >= 0.3 is 6.18 Å². The van der Waals surface area contributed by atoms with E-state index in [4.69, 9.17) is 9.15 Å². The lowest BCUT2D eigenvalue weighted by Crippen LogP contribution is -2.23. The first-order valence-electron chi connectivity index (χ1n) is 11.7. The lowest BCUT2D eigenvalue weighted by atomic mass is 10.1. The molecule has 190 valence electrons. The molecule has 0 spiro atoms. The molecule has 5 aromatic rings. The average Bonchev–Trinajstić information content (AvgIpc) is 3.59. The van der Waals surface area contributed by atoms with Gasteiger partial charge in [0.15, 0.2) is 5.82 Å². The molecule has 0 bridgehead atoms. The molecule has 0 saturated heterocycles. The van der Waals surface area contributed by atoms with Crippen LogP contribution in [0.5, 0.6) is 5.75 Å². The van der Waals surface area contributed by atoms with E-state index in [1.54, 1.807) is 12.1 Å². The first-order chi connectivity index (χ1) is 17.8. The zero-order chi connectivity index (χ0) is 26.0. The predicted molar refractivity (Wildman–Crippen MR) is 136 cm³/mol. The summed E-state index contributed by atoms with van der Waals surface area (Å²) in [6, 6.07) is 15.5. The van der Waals surface area contributed by atoms with Crippen molar-refractivity contribution in [2.24, 2.45) is 0 Å². The van der Waals surface area contributed by atoms with E-state index in [1.807, 2.05) is 24.3 Å². The summed E-state index contributed by atoms with van der Waals surface area (Å²) in [6.45, 7) is 2.81. The van der Waals surface area contributed by atoms with Gasteiger partial charge in [-0.05, 0) is 55.0 Å². The van der Waals surface area contributed by atoms with E-state index in [0.29, 0.717) is 33.2 Å². The second kappa shape index (κ2) is 10.2. The summed E-state index contributed by atoms with van der Waals surface area (Å²) >= 11 is 1.15. The highest BCUT2D eigenvalue weighted by Crippen LogP contribution is 2.32. The van der Waals surface area contributed by atoms with Gasteiger partial charge in [0, 0.05) is 17.2 Å². The fraction of sp³-hybridized carbons (Fsp3) is 0.222. The Morgan fingerprint density at radius 2 is 1.86 bits per heavy atom. The van der Waals surface area contributed by atoms with Crippen LogP contribution in [0.2, 0.25) is 0 Å². The maximum Gasteiger partial charge on any atom is 0.416 e. The largest absolute Gasteiger partial charge is 0.494 e. The fourth-order valence-electron chi connectivity index (χ4n) is 3.76. The van der Waals surface area contributed by atoms with Gasteiger partial charge in [-0.1, -0.05) is 43.2 Å². The first kappa shape index (κ1) is 24.8. The van der Waals surface area contributed by atoms with Crippen LogP contribution in [0.3, 0.4) is 0 Å². The van der Waals surface area contributed by atoms with Crippen molar-refractivity contribution in [2.45, 2.75) is 32.4 Å². The number of nitrogens with zero attached hydrogens (tertiary/aromatic N) is 3. The average molecular weight is 526 g/mol. The number of furan rings is 1. The minimum atomic E-state index is -4.45. The van der Waals surface area contributed by atoms with Crippen LogP contribution < -0.4 is 14.8 Å². The van der Waals surface area contributed by atoms with Crippen molar-refractivity contribution in [2.75, 3.05) is 6.61 Å². The molecule has 10 heteroatoms. The van der Waals surface area contributed by atoms with Crippen molar-refractivity contribution >= 4 is 22.4 Å². The minimum Gasteiger partial charge on any atom is -0.494 e. The molecule has 0 amide bonds. The monoisotopic (exact) mass is 525 g/mol. The number of unbranched alkanes of at least 4 members (excludes halogenated alkanes) is 2. The van der Waals surface area contributed by atoms with E-state index in [0.717, 1.165) is 54.0 Å². The van der Waals surface area contributed by atoms with E-state index in [2.05, 4.69) is 17.0 Å². The highest BCUT2D eigenvalue weighted by Gasteiger charge is 2.30. The number of alkyl halides is 3. The van der Waals surface area contributed by atoms with Gasteiger partial charge in [-0.25, -0.2) is 0 Å². The van der Waals surface area contributed by atoms with Crippen molar-refractivity contribution < 1.29 is 22.3 Å². The zero-order valence-corrected chi connectivity index (χ0v) is 20.6. The van der Waals surface area contributed by atoms with Crippen LogP contribution >= 0.6 is 11.3 Å². The Kier molecular flexibility index (Phi) is 6.84. The van der Waals surface area contributed by atoms with Crippen LogP contribution in [-0.2, 0) is 6.18 Å². The third kappa shape index (κ3) is 5.43. The molecule has 0 aliphatic rings. The fourth-order valence-corrected chi connectivity index (χ4v) is 4.65. The molecular formula is C27H22F3N3O3S. The molecule has 0 atom stereocenters. The van der Waals surface area contributed by atoms with Crippen molar-refractivity contribution in [3.8, 4) is 28.5 Å². The molecule has 2 aromatic carbocycles. The number of ether oxygens (including phenoxy) is 1. The van der Waals surface area contributed by atoms with Crippen LogP contribution in [0.1, 0.15) is 37.5 Å². The molecule has 0 unspecified atom stereocenters. The van der Waals surface area contributed by atoms with Crippen LogP contribution in [0.15, 0.2) is 69.9 Å². The number of rotatable bonds is 8. The maximum atomic E-state index is 13.0. The third-order valence-electron chi connectivity index (χ3n) is 5.69. The van der Waals surface area contributed by atoms with E-state index in [1.165, 1.54) is 22.7 Å². The minimum absolute atomic E-state index is 0.268. The number of fused-ring (bicyclic) bond motifs is 1. The Balaban J connectivity index is 1.36. The van der Waals surface area contributed by atoms with Crippen LogP contribution in [0.25, 0.3) is 33.7 Å². The number of thiazole rings is 1. The van der Waals surface area contributed by atoms with Gasteiger partial charge in [0.1, 0.15) is 21.8 Å². The molecule has 37 heavy (non-hydrogen) atoms. The molecule has 0 aliphatic carbocycles. The number of hydrogen-bond acceptors (Lipinski definition) is 6. The second-order valence-corrected chi connectivity index (χ2v) is 9.42. The number of hydrogen-bond donors (Lipinski definition) is 0. The van der Waals surface area contributed by atoms with Crippen LogP contribution in [0, 0.1) is 0 Å². The summed E-state index contributed by atoms with van der Waals surface area (Å²) in [6.07, 6.45) is 0.352. The summed E-state index contributed by atoms with van der Waals surface area (Å²) in [4.78, 5) is 17.8. The van der Waals surface area contributed by atoms with Gasteiger partial charge in [0.2, 0.25) is 4.96 Å². The molecular weight excluding hydrogens is 503 g/mol. The van der Waals surface area contributed by atoms with Crippen molar-refractivity contribution in [1.29, 1.82) is 0 Å². The number of aromatic nitrogens is 3. The molecule has 3 aromatic heterocycles. The lowest BCUT2D eigenvalue weighted by molar-refractivity contribution is -0.137. The van der Waals surface area contributed by atoms with Gasteiger partial charge in [-0.2, -0.15) is 22.7 Å². The molecule has 0 saturated carbocycles. The molecule has 0 aliphatic heterocycles. The number of benzene rings is 2. The van der Waals surface area contributed by atoms with Gasteiger partial charge < -0.3 is 9.15 Å². The van der Waals surface area contributed by atoms with Gasteiger partial charge in [0.05, 0.1) is 12.2 Å². The molecule has 0 fully saturated rings. The molecule has 0 radical (unpaired) electrons. The summed E-state index contributed by atoms with van der Waals surface area (Å²) in [5, 5.41) is 4.35. The highest BCUT2D eigenvalue weighted by atomic mass is 32.1. The van der Waals surface area contributed by atoms with E-state index < -0.39 is 11.7 Å². The van der Waals surface area contributed by atoms with Crippen molar-refractivity contribution in [3.05, 3.63) is 86.9 Å². The molecule has 0 N–H and O–H groups in total. The Labute approximate surface area is 213 Å². The first-order valence-corrected chi connectivity index (χ1v) is 12.6. The Morgan fingerprint density at radius 3 is 2.59 bits per heavy atom. The highest BCUT2D eigenvalue weighted by molar-refractivity contribution is 7.15. The van der Waals surface area contributed by atoms with Crippen LogP contribution in [-0.4, -0.2) is 21.2 Å². The maximum absolute atomic E-state index is 13.0. The normalized spacial score (nSPS) is 12.5. The molecule has 5 rings (SSSR count). The van der Waals surface area contributed by atoms with Gasteiger partial charge in [-0.15, -0.1) is 5.10 Å². The molecule has 3 heterocycles. The zero-order valence-electron chi connectivity index (χ0n) is 19.8. The summed E-state index contributed by atoms with van der Waals surface area (Å²) in [5.74, 6) is 1.80. The standard InChI is InChI=1S/C27H22F3N3O3S/c1-2-3-4-14-35-20-10-8-17(9-11-20)24-31-26-33(32-24)25(34)23(37-26)16-21-12-13-22(36-21)18-6-5-7-19(15-18)27(28,29)30/h5-13,15-16H,2-4,14H2,1H3. The van der Waals surface area contributed by atoms with E-state index in [-0.39, 0.29) is 11.3 Å². The van der Waals surface area contributed by atoms with E-state index >= 15 is 0 Å². The van der Waals surface area contributed by atoms with Gasteiger partial charge in [0.25, 0.3) is 5.56 Å². The summed E-state index contributed by atoms with van der Waals surface area (Å²) in [7, 11) is 0. The molecule has 6 nitrogen and oxygen atoms in total. The van der Waals surface area contributed by atoms with Gasteiger partial charge in [-0.3, -0.25) is 4.79 Å². The number of halogens is 3. The quantitative estimate of drug-likeness (QED) is 0.225. The Bertz CT molecular complexity index is 1640. The van der Waals surface area contributed by atoms with E-state index in [9.17, 15) is 18.0 Å². The third-order valence-corrected chi connectivity index (χ3v) is 6.64. The van der Waals surface area contributed by atoms with Crippen molar-refractivity contribution in [3.63, 3.8) is 0 Å². The predicted octanol–water partition coefficient (Wildman–Crippen LogP) is 6.21. The Hall–Kier alpha value is -3.92. The smallest absolute Gasteiger partial charge is 0.416 e. The summed E-state index contributed by atoms with van der Waals surface area (Å²) in [5.41, 5.74) is -0.0593. The summed E-state index contributed by atoms with van der Waals surface area (Å²) < 4.78 is 52.1. The topological polar surface area (TPSA) is 69.6 Å². The van der Waals surface area contributed by atoms with Crippen LogP contribution in [0.4, 0.5) is 13.2 Å². The Morgan fingerprint density at radius 1 is 1.05 bits per heavy atom. The second-order valence-electron chi connectivity index (χ2n) is 8.41. The lowest BCUT2D eigenvalue weighted by Gasteiger charge is -2.07. The SMILES string of the molecule is CCCCCOc1ccc(-c2nc3sc(=Cc4ccc(-c5cccc(C(F)(F)F)c5)o4)c(=O)n3n2)cc1. The van der Waals surface area contributed by atoms with Crippen molar-refractivity contribution in [1.82, 2.24) is 14.6 Å².